The van der Waals surface area contributed by atoms with E-state index in [9.17, 15) is 27.5 Å². The minimum atomic E-state index is -3.58. The van der Waals surface area contributed by atoms with Gasteiger partial charge in [-0.2, -0.15) is 0 Å². The largest absolute Gasteiger partial charge is 0.465 e. The van der Waals surface area contributed by atoms with Crippen molar-refractivity contribution in [2.75, 3.05) is 84.4 Å². The van der Waals surface area contributed by atoms with Crippen molar-refractivity contribution in [1.29, 1.82) is 0 Å². The van der Waals surface area contributed by atoms with E-state index >= 15 is 4.39 Å². The fourth-order valence-electron chi connectivity index (χ4n) is 10.1. The number of carbonyl (C=O) groups excluding carboxylic acids is 1. The molecular weight excluding hydrogens is 727 g/mol. The maximum absolute atomic E-state index is 16.2. The fourth-order valence-corrected chi connectivity index (χ4v) is 11.7. The number of amides is 2. The van der Waals surface area contributed by atoms with Crippen LogP contribution >= 0.6 is 0 Å². The van der Waals surface area contributed by atoms with Crippen LogP contribution in [0.1, 0.15) is 63.4 Å². The van der Waals surface area contributed by atoms with Crippen molar-refractivity contribution < 1.29 is 31.9 Å². The molecule has 1 saturated carbocycles. The lowest BCUT2D eigenvalue weighted by Gasteiger charge is -2.57. The van der Waals surface area contributed by atoms with Crippen LogP contribution in [0.4, 0.5) is 19.3 Å². The molecule has 4 aliphatic heterocycles. The SMILES string of the molecule is CN(C)CCCC(=O)N1CC(S(=O)(=O)c2ccc(N3CC(F)(CN4CCC([C@@](C[C@H]5CCC[C@@H]5NC(=O)O)(c5cccc(F)c5)N5CCC5)CC4)C3)cc2)C1. The maximum Gasteiger partial charge on any atom is 0.404 e. The Bertz CT molecular complexity index is 1780. The molecule has 4 heterocycles. The summed E-state index contributed by atoms with van der Waals surface area (Å²) in [5.74, 6) is 0.108. The van der Waals surface area contributed by atoms with Gasteiger partial charge in [0.2, 0.25) is 5.91 Å². The monoisotopic (exact) mass is 784 g/mol. The molecule has 4 saturated heterocycles. The minimum absolute atomic E-state index is 0.00565. The summed E-state index contributed by atoms with van der Waals surface area (Å²) in [5, 5.41) is 11.7. The Morgan fingerprint density at radius 2 is 1.69 bits per heavy atom. The van der Waals surface area contributed by atoms with Crippen LogP contribution in [-0.4, -0.2) is 142 Å². The van der Waals surface area contributed by atoms with Crippen LogP contribution in [0.5, 0.6) is 0 Å². The van der Waals surface area contributed by atoms with Crippen LogP contribution in [0.25, 0.3) is 0 Å². The van der Waals surface area contributed by atoms with Crippen LogP contribution in [0.3, 0.4) is 0 Å². The van der Waals surface area contributed by atoms with E-state index in [0.29, 0.717) is 13.0 Å². The van der Waals surface area contributed by atoms with E-state index in [4.69, 9.17) is 0 Å². The van der Waals surface area contributed by atoms with E-state index in [0.717, 1.165) is 95.3 Å². The molecule has 2 N–H and O–H groups in total. The number of anilines is 1. The zero-order valence-electron chi connectivity index (χ0n) is 32.3. The summed E-state index contributed by atoms with van der Waals surface area (Å²) in [4.78, 5) is 34.7. The van der Waals surface area contributed by atoms with Gasteiger partial charge in [-0.15, -0.1) is 0 Å². The molecule has 0 aromatic heterocycles. The first-order valence-electron chi connectivity index (χ1n) is 20.2. The number of hydrogen-bond acceptors (Lipinski definition) is 8. The van der Waals surface area contributed by atoms with E-state index in [-0.39, 0.29) is 60.7 Å². The average Bonchev–Trinajstić information content (AvgIpc) is 3.50. The molecular formula is C41H58F2N6O5S. The van der Waals surface area contributed by atoms with Crippen molar-refractivity contribution in [2.45, 2.75) is 85.2 Å². The number of carbonyl (C=O) groups is 2. The molecule has 0 unspecified atom stereocenters. The summed E-state index contributed by atoms with van der Waals surface area (Å²) in [6, 6.07) is 13.6. The third-order valence-electron chi connectivity index (χ3n) is 13.2. The molecule has 14 heteroatoms. The summed E-state index contributed by atoms with van der Waals surface area (Å²) in [6.45, 7) is 5.33. The predicted octanol–water partition coefficient (Wildman–Crippen LogP) is 4.82. The molecule has 302 valence electrons. The summed E-state index contributed by atoms with van der Waals surface area (Å²) in [5.41, 5.74) is -0.0447. The lowest BCUT2D eigenvalue weighted by molar-refractivity contribution is -0.134. The Hall–Kier alpha value is -3.33. The van der Waals surface area contributed by atoms with Crippen molar-refractivity contribution in [2.24, 2.45) is 11.8 Å². The fraction of sp³-hybridized carbons (Fsp3) is 0.659. The Kier molecular flexibility index (Phi) is 11.8. The second-order valence-electron chi connectivity index (χ2n) is 17.2. The maximum atomic E-state index is 16.2. The van der Waals surface area contributed by atoms with E-state index in [1.807, 2.05) is 30.0 Å². The van der Waals surface area contributed by atoms with Gasteiger partial charge in [-0.05, 0) is 132 Å². The third-order valence-corrected chi connectivity index (χ3v) is 15.3. The van der Waals surface area contributed by atoms with Crippen LogP contribution in [0.2, 0.25) is 0 Å². The number of piperidine rings is 1. The standard InChI is InChI=1S/C41H58F2N6O5S/c1-45(2)18-5-11-38(50)47-25-36(26-47)55(53,54)35-14-12-34(13-15-35)48-28-40(43,29-48)27-46-21-16-31(17-22-46)41(49-19-6-20-49,32-8-4-9-33(42)23-32)24-30-7-3-10-37(30)44-39(51)52/h4,8-9,12-15,23,30-31,36-37,44H,3,5-7,10-11,16-22,24-29H2,1-2H3,(H,51,52)/t30-,37+,41+/m1/s1. The Morgan fingerprint density at radius 3 is 2.31 bits per heavy atom. The van der Waals surface area contributed by atoms with Crippen LogP contribution < -0.4 is 10.2 Å². The lowest BCUT2D eigenvalue weighted by Crippen LogP contribution is -2.65. The van der Waals surface area contributed by atoms with E-state index in [2.05, 4.69) is 15.1 Å². The third kappa shape index (κ3) is 8.52. The number of likely N-dealkylation sites (tertiary alicyclic amines) is 3. The highest BCUT2D eigenvalue weighted by Crippen LogP contribution is 2.50. The number of nitrogens with zero attached hydrogens (tertiary/aromatic N) is 5. The first-order valence-corrected chi connectivity index (χ1v) is 21.7. The molecule has 0 bridgehead atoms. The van der Waals surface area contributed by atoms with Crippen LogP contribution in [0, 0.1) is 17.7 Å². The van der Waals surface area contributed by atoms with Crippen molar-refractivity contribution >= 4 is 27.5 Å². The van der Waals surface area contributed by atoms with Gasteiger partial charge in [-0.1, -0.05) is 18.6 Å². The number of rotatable bonds is 15. The Morgan fingerprint density at radius 1 is 0.982 bits per heavy atom. The van der Waals surface area contributed by atoms with Crippen molar-refractivity contribution in [3.63, 3.8) is 0 Å². The molecule has 55 heavy (non-hydrogen) atoms. The zero-order valence-corrected chi connectivity index (χ0v) is 33.2. The van der Waals surface area contributed by atoms with Gasteiger partial charge in [0.05, 0.1) is 18.0 Å². The van der Waals surface area contributed by atoms with E-state index < -0.39 is 32.4 Å². The van der Waals surface area contributed by atoms with Gasteiger partial charge in [-0.3, -0.25) is 14.6 Å². The van der Waals surface area contributed by atoms with Crippen molar-refractivity contribution in [3.8, 4) is 0 Å². The number of sulfone groups is 1. The van der Waals surface area contributed by atoms with Crippen molar-refractivity contribution in [3.05, 3.63) is 59.9 Å². The molecule has 2 aromatic rings. The Labute approximate surface area is 324 Å². The first-order chi connectivity index (χ1) is 26.3. The number of carboxylic acid groups (broad SMARTS) is 1. The summed E-state index contributed by atoms with van der Waals surface area (Å²) < 4.78 is 57.6. The number of benzene rings is 2. The second kappa shape index (κ2) is 16.3. The van der Waals surface area contributed by atoms with Gasteiger partial charge < -0.3 is 25.1 Å². The normalized spacial score (nSPS) is 24.9. The number of halogens is 2. The Balaban J connectivity index is 0.941. The number of hydrogen-bond donors (Lipinski definition) is 2. The number of nitrogens with one attached hydrogen (secondary N) is 1. The average molecular weight is 785 g/mol. The van der Waals surface area contributed by atoms with E-state index in [1.165, 1.54) is 6.07 Å². The van der Waals surface area contributed by atoms with Crippen molar-refractivity contribution in [1.82, 2.24) is 24.9 Å². The molecule has 7 rings (SSSR count). The first kappa shape index (κ1) is 39.9. The highest BCUT2D eigenvalue weighted by molar-refractivity contribution is 7.92. The molecule has 5 fully saturated rings. The molecule has 5 aliphatic rings. The predicted molar refractivity (Wildman–Crippen MR) is 208 cm³/mol. The quantitative estimate of drug-likeness (QED) is 0.263. The van der Waals surface area contributed by atoms with Crippen LogP contribution in [-0.2, 0) is 20.2 Å². The van der Waals surface area contributed by atoms with Gasteiger partial charge in [0, 0.05) is 56.4 Å². The minimum Gasteiger partial charge on any atom is -0.465 e. The summed E-state index contributed by atoms with van der Waals surface area (Å²) in [7, 11) is 0.335. The van der Waals surface area contributed by atoms with E-state index in [1.54, 1.807) is 41.3 Å². The topological polar surface area (TPSA) is 117 Å². The van der Waals surface area contributed by atoms with Crippen LogP contribution in [0.15, 0.2) is 53.4 Å². The molecule has 1 aliphatic carbocycles. The highest BCUT2D eigenvalue weighted by atomic mass is 32.2. The second-order valence-corrected chi connectivity index (χ2v) is 19.4. The van der Waals surface area contributed by atoms with Gasteiger partial charge in [0.25, 0.3) is 0 Å². The molecule has 0 radical (unpaired) electrons. The molecule has 3 atom stereocenters. The molecule has 11 nitrogen and oxygen atoms in total. The lowest BCUT2D eigenvalue weighted by atomic mass is 9.66. The summed E-state index contributed by atoms with van der Waals surface area (Å²) >= 11 is 0. The molecule has 2 aromatic carbocycles. The smallest absolute Gasteiger partial charge is 0.404 e. The zero-order chi connectivity index (χ0) is 39.0. The highest BCUT2D eigenvalue weighted by Gasteiger charge is 2.52. The molecule has 2 amide bonds. The number of alkyl halides is 1. The van der Waals surface area contributed by atoms with Gasteiger partial charge >= 0.3 is 6.09 Å². The summed E-state index contributed by atoms with van der Waals surface area (Å²) in [6.07, 6.45) is 6.41. The molecule has 0 spiro atoms. The van der Waals surface area contributed by atoms with Gasteiger partial charge in [0.15, 0.2) is 15.5 Å². The van der Waals surface area contributed by atoms with Gasteiger partial charge in [-0.25, -0.2) is 22.0 Å². The van der Waals surface area contributed by atoms with Gasteiger partial charge in [0.1, 0.15) is 11.1 Å².